The molecule has 0 N–H and O–H groups in total. The SMILES string of the molecule is [O-]P([O-])(=S)[S-].[O-]P([O-])(=S)[S-].[W]. The zero-order valence-electron chi connectivity index (χ0n) is 4.57. The first kappa shape index (κ1) is 19.2. The van der Waals surface area contributed by atoms with Gasteiger partial charge in [0.05, 0.1) is 0 Å². The van der Waals surface area contributed by atoms with Crippen molar-refractivity contribution >= 4 is 59.5 Å². The molecule has 11 heavy (non-hydrogen) atoms. The van der Waals surface area contributed by atoms with E-state index < -0.39 is 11.4 Å². The molecule has 0 spiro atoms. The quantitative estimate of drug-likeness (QED) is 0.291. The second-order valence-corrected chi connectivity index (χ2v) is 9.84. The number of hydrogen-bond donors (Lipinski definition) is 0. The normalized spacial score (nSPS) is 10.7. The van der Waals surface area contributed by atoms with Crippen LogP contribution in [0.2, 0.25) is 0 Å². The third-order valence-corrected chi connectivity index (χ3v) is 0. The maximum absolute atomic E-state index is 9.29. The van der Waals surface area contributed by atoms with E-state index in [4.69, 9.17) is 0 Å². The Morgan fingerprint density at radius 3 is 0.818 bits per heavy atom. The molecule has 70 valence electrons. The van der Waals surface area contributed by atoms with E-state index in [1.807, 2.05) is 0 Å². The van der Waals surface area contributed by atoms with Crippen LogP contribution in [0, 0.1) is 0 Å². The van der Waals surface area contributed by atoms with E-state index in [9.17, 15) is 19.6 Å². The maximum Gasteiger partial charge on any atom is 0 e. The minimum Gasteiger partial charge on any atom is -0.850 e. The Bertz CT molecular complexity index is 132. The van der Waals surface area contributed by atoms with Crippen molar-refractivity contribution in [2.24, 2.45) is 0 Å². The molecule has 0 aromatic heterocycles. The van der Waals surface area contributed by atoms with Crippen molar-refractivity contribution in [2.75, 3.05) is 0 Å². The standard InChI is InChI=1S/2H3O2PS2.W/c2*1-3(2,4)5;/h2*(H3,1,2,4,5);/p-6. The molecule has 4 nitrogen and oxygen atoms in total. The van der Waals surface area contributed by atoms with Crippen LogP contribution in [0.4, 0.5) is 0 Å². The fraction of sp³-hybridized carbons (Fsp3) is 0. The number of hydrogen-bond acceptors (Lipinski definition) is 8. The average molecular weight is 438 g/mol. The summed E-state index contributed by atoms with van der Waals surface area (Å²) in [6.07, 6.45) is 0. The van der Waals surface area contributed by atoms with Gasteiger partial charge in [0.1, 0.15) is 0 Å². The third kappa shape index (κ3) is 217. The van der Waals surface area contributed by atoms with Crippen LogP contribution < -0.4 is 19.6 Å². The van der Waals surface area contributed by atoms with Crippen LogP contribution in [0.5, 0.6) is 0 Å². The predicted molar refractivity (Wildman–Crippen MR) is 43.3 cm³/mol. The molecule has 0 rings (SSSR count). The van der Waals surface area contributed by atoms with E-state index in [0.29, 0.717) is 0 Å². The van der Waals surface area contributed by atoms with Crippen LogP contribution in [0.1, 0.15) is 0 Å². The first-order valence-electron chi connectivity index (χ1n) is 1.46. The Hall–Kier alpha value is 2.53. The molecule has 0 saturated carbocycles. The summed E-state index contributed by atoms with van der Waals surface area (Å²) in [7, 11) is 0. The Labute approximate surface area is 99.3 Å². The fourth-order valence-electron chi connectivity index (χ4n) is 0. The summed E-state index contributed by atoms with van der Waals surface area (Å²) in [6.45, 7) is 0. The average Bonchev–Trinajstić information content (AvgIpc) is 1.12. The van der Waals surface area contributed by atoms with Crippen LogP contribution in [-0.2, 0) is 69.2 Å². The Morgan fingerprint density at radius 1 is 0.818 bits per heavy atom. The van der Waals surface area contributed by atoms with Crippen LogP contribution >= 0.6 is 11.4 Å². The third-order valence-electron chi connectivity index (χ3n) is 0. The zero-order chi connectivity index (χ0) is 9.00. The molecule has 0 aliphatic carbocycles. The first-order chi connectivity index (χ1) is 4.00. The van der Waals surface area contributed by atoms with Gasteiger partial charge in [-0.2, -0.15) is 23.6 Å². The van der Waals surface area contributed by atoms with Gasteiger partial charge in [0.15, 0.2) is 0 Å². The van der Waals surface area contributed by atoms with Gasteiger partial charge in [-0.25, -0.2) is 0 Å². The summed E-state index contributed by atoms with van der Waals surface area (Å²) < 4.78 is 0. The summed E-state index contributed by atoms with van der Waals surface area (Å²) in [5, 5.41) is 0. The van der Waals surface area contributed by atoms with Gasteiger partial charge in [0, 0.05) is 21.1 Å². The van der Waals surface area contributed by atoms with Gasteiger partial charge in [-0.15, -0.1) is 0 Å². The van der Waals surface area contributed by atoms with E-state index >= 15 is 0 Å². The molecule has 0 saturated heterocycles. The van der Waals surface area contributed by atoms with Gasteiger partial charge >= 0.3 is 0 Å². The maximum atomic E-state index is 9.29. The molecule has 0 fully saturated rings. The molecule has 0 atom stereocenters. The van der Waals surface area contributed by atoms with E-state index in [1.54, 1.807) is 0 Å². The van der Waals surface area contributed by atoms with Crippen LogP contribution in [0.3, 0.4) is 0 Å². The van der Waals surface area contributed by atoms with Crippen molar-refractivity contribution in [1.29, 1.82) is 0 Å². The predicted octanol–water partition coefficient (Wildman–Crippen LogP) is -3.05. The molecule has 0 aliphatic rings. The number of rotatable bonds is 0. The van der Waals surface area contributed by atoms with Gasteiger partial charge in [0.25, 0.3) is 0 Å². The summed E-state index contributed by atoms with van der Waals surface area (Å²) in [5.41, 5.74) is -7.44. The molecule has 0 aliphatic heterocycles. The first-order valence-corrected chi connectivity index (χ1v) is 8.76. The van der Waals surface area contributed by atoms with Gasteiger partial charge in [-0.1, -0.05) is 0 Å². The van der Waals surface area contributed by atoms with E-state index in [0.717, 1.165) is 0 Å². The molecule has 0 aromatic rings. The molecule has 0 bridgehead atoms. The molecule has 0 radical (unpaired) electrons. The monoisotopic (exact) mass is 438 g/mol. The van der Waals surface area contributed by atoms with E-state index in [2.05, 4.69) is 48.1 Å². The van der Waals surface area contributed by atoms with Crippen LogP contribution in [0.25, 0.3) is 0 Å². The Morgan fingerprint density at radius 2 is 0.818 bits per heavy atom. The molecule has 0 amide bonds. The summed E-state index contributed by atoms with van der Waals surface area (Å²) in [6, 6.07) is 0. The topological polar surface area (TPSA) is 92.2 Å². The molecule has 0 heterocycles. The zero-order valence-corrected chi connectivity index (χ0v) is 12.6. The van der Waals surface area contributed by atoms with Crippen LogP contribution in [-0.4, -0.2) is 0 Å². The second kappa shape index (κ2) is 7.89. The van der Waals surface area contributed by atoms with Crippen molar-refractivity contribution < 1.29 is 40.6 Å². The van der Waals surface area contributed by atoms with Gasteiger partial charge in [-0.05, 0) is 0 Å². The summed E-state index contributed by atoms with van der Waals surface area (Å²) in [5.74, 6) is 0. The van der Waals surface area contributed by atoms with E-state index in [1.165, 1.54) is 0 Å². The molecule has 11 heteroatoms. The molecular weight excluding hydrogens is 438 g/mol. The van der Waals surface area contributed by atoms with Crippen molar-refractivity contribution in [2.45, 2.75) is 0 Å². The van der Waals surface area contributed by atoms with Gasteiger partial charge in [-0.3, -0.25) is 0 Å². The van der Waals surface area contributed by atoms with Gasteiger partial charge < -0.3 is 55.5 Å². The summed E-state index contributed by atoms with van der Waals surface area (Å²) in [4.78, 5) is 37.2. The molecule has 0 unspecified atom stereocenters. The van der Waals surface area contributed by atoms with Crippen LogP contribution in [0.15, 0.2) is 0 Å². The second-order valence-electron chi connectivity index (χ2n) is 0.894. The molecule has 0 aromatic carbocycles. The minimum absolute atomic E-state index is 0. The Balaban J connectivity index is -0.000000107. The van der Waals surface area contributed by atoms with Crippen molar-refractivity contribution in [1.82, 2.24) is 0 Å². The summed E-state index contributed by atoms with van der Waals surface area (Å²) >= 11 is 14.6. The minimum atomic E-state index is -3.72. The molecular formula is O4P2S4W-6. The fourth-order valence-corrected chi connectivity index (χ4v) is 0. The Kier molecular flexibility index (Phi) is 13.7. The largest absolute Gasteiger partial charge is 0.850 e. The smallest absolute Gasteiger partial charge is 0 e. The van der Waals surface area contributed by atoms with Crippen molar-refractivity contribution in [3.05, 3.63) is 0 Å². The van der Waals surface area contributed by atoms with Crippen molar-refractivity contribution in [3.63, 3.8) is 0 Å². The van der Waals surface area contributed by atoms with Gasteiger partial charge in [0.2, 0.25) is 0 Å². The van der Waals surface area contributed by atoms with Crippen molar-refractivity contribution in [3.8, 4) is 0 Å². The van der Waals surface area contributed by atoms with E-state index in [-0.39, 0.29) is 21.1 Å².